The van der Waals surface area contributed by atoms with Crippen LogP contribution in [0.1, 0.15) is 5.56 Å². The van der Waals surface area contributed by atoms with Gasteiger partial charge in [-0.25, -0.2) is 4.98 Å². The largest absolute Gasteiger partial charge is 0.418 e. The van der Waals surface area contributed by atoms with Crippen LogP contribution < -0.4 is 10.6 Å². The van der Waals surface area contributed by atoms with Gasteiger partial charge >= 0.3 is 6.18 Å². The molecule has 0 atom stereocenters. The molecule has 0 radical (unpaired) electrons. The van der Waals surface area contributed by atoms with Crippen LogP contribution in [0.2, 0.25) is 5.02 Å². The maximum atomic E-state index is 13.1. The Kier molecular flexibility index (Phi) is 4.76. The molecule has 0 aliphatic heterocycles. The van der Waals surface area contributed by atoms with E-state index in [0.29, 0.717) is 10.7 Å². The van der Waals surface area contributed by atoms with Crippen LogP contribution in [0.15, 0.2) is 60.8 Å². The Morgan fingerprint density at radius 3 is 2.32 bits per heavy atom. The summed E-state index contributed by atoms with van der Waals surface area (Å²) >= 11 is 5.82. The van der Waals surface area contributed by atoms with Crippen molar-refractivity contribution in [3.63, 3.8) is 0 Å². The highest BCUT2D eigenvalue weighted by atomic mass is 35.5. The van der Waals surface area contributed by atoms with Crippen LogP contribution in [-0.4, -0.2) is 9.97 Å². The van der Waals surface area contributed by atoms with E-state index in [2.05, 4.69) is 20.6 Å². The van der Waals surface area contributed by atoms with E-state index in [9.17, 15) is 13.2 Å². The standard InChI is InChI=1S/C17H12ClF3N4/c18-11-5-7-12(8-6-11)23-16-22-10-9-15(25-16)24-14-4-2-1-3-13(14)17(19,20)21/h1-10H,(H2,22,23,24,25). The van der Waals surface area contributed by atoms with Gasteiger partial charge in [0.1, 0.15) is 5.82 Å². The van der Waals surface area contributed by atoms with Crippen molar-refractivity contribution in [2.45, 2.75) is 6.18 Å². The van der Waals surface area contributed by atoms with Gasteiger partial charge in [0.25, 0.3) is 0 Å². The predicted octanol–water partition coefficient (Wildman–Crippen LogP) is 5.64. The number of hydrogen-bond acceptors (Lipinski definition) is 4. The first-order valence-electron chi connectivity index (χ1n) is 7.21. The number of nitrogens with zero attached hydrogens (tertiary/aromatic N) is 2. The monoisotopic (exact) mass is 364 g/mol. The number of nitrogens with one attached hydrogen (secondary N) is 2. The molecule has 1 heterocycles. The quantitative estimate of drug-likeness (QED) is 0.629. The molecule has 2 aromatic carbocycles. The Morgan fingerprint density at radius 2 is 1.60 bits per heavy atom. The zero-order valence-corrected chi connectivity index (χ0v) is 13.4. The molecule has 25 heavy (non-hydrogen) atoms. The minimum atomic E-state index is -4.46. The van der Waals surface area contributed by atoms with Crippen LogP contribution in [0.4, 0.5) is 36.3 Å². The second-order valence-corrected chi connectivity index (χ2v) is 5.50. The number of alkyl halides is 3. The van der Waals surface area contributed by atoms with E-state index in [1.54, 1.807) is 24.3 Å². The van der Waals surface area contributed by atoms with Gasteiger partial charge < -0.3 is 10.6 Å². The molecule has 2 N–H and O–H groups in total. The fourth-order valence-electron chi connectivity index (χ4n) is 2.13. The molecular formula is C17H12ClF3N4. The number of para-hydroxylation sites is 1. The smallest absolute Gasteiger partial charge is 0.340 e. The van der Waals surface area contributed by atoms with Crippen molar-refractivity contribution >= 4 is 34.7 Å². The molecule has 8 heteroatoms. The summed E-state index contributed by atoms with van der Waals surface area (Å²) in [4.78, 5) is 8.23. The average Bonchev–Trinajstić information content (AvgIpc) is 2.57. The SMILES string of the molecule is FC(F)(F)c1ccccc1Nc1ccnc(Nc2ccc(Cl)cc2)n1. The zero-order valence-electron chi connectivity index (χ0n) is 12.7. The molecule has 0 saturated heterocycles. The van der Waals surface area contributed by atoms with Crippen LogP contribution >= 0.6 is 11.6 Å². The second kappa shape index (κ2) is 6.98. The maximum Gasteiger partial charge on any atom is 0.418 e. The Labute approximate surface area is 146 Å². The molecule has 128 valence electrons. The Bertz CT molecular complexity index is 866. The highest BCUT2D eigenvalue weighted by molar-refractivity contribution is 6.30. The molecule has 0 spiro atoms. The molecule has 3 aromatic rings. The number of hydrogen-bond donors (Lipinski definition) is 2. The van der Waals surface area contributed by atoms with Crippen molar-refractivity contribution in [1.82, 2.24) is 9.97 Å². The van der Waals surface area contributed by atoms with E-state index in [4.69, 9.17) is 11.6 Å². The first kappa shape index (κ1) is 17.0. The number of anilines is 4. The number of aromatic nitrogens is 2. The lowest BCUT2D eigenvalue weighted by Crippen LogP contribution is -2.09. The molecule has 0 saturated carbocycles. The summed E-state index contributed by atoms with van der Waals surface area (Å²) in [5.74, 6) is 0.486. The number of halogens is 4. The molecule has 1 aromatic heterocycles. The lowest BCUT2D eigenvalue weighted by atomic mass is 10.1. The summed E-state index contributed by atoms with van der Waals surface area (Å²) in [6.07, 6.45) is -3.01. The van der Waals surface area contributed by atoms with Gasteiger partial charge in [0.2, 0.25) is 5.95 Å². The summed E-state index contributed by atoms with van der Waals surface area (Å²) < 4.78 is 39.2. The van der Waals surface area contributed by atoms with Crippen molar-refractivity contribution in [1.29, 1.82) is 0 Å². The molecule has 0 amide bonds. The minimum Gasteiger partial charge on any atom is -0.340 e. The van der Waals surface area contributed by atoms with Crippen LogP contribution in [0.3, 0.4) is 0 Å². The first-order chi connectivity index (χ1) is 11.9. The summed E-state index contributed by atoms with van der Waals surface area (Å²) in [7, 11) is 0. The fraction of sp³-hybridized carbons (Fsp3) is 0.0588. The van der Waals surface area contributed by atoms with E-state index in [0.717, 1.165) is 6.07 Å². The summed E-state index contributed by atoms with van der Waals surface area (Å²) in [5.41, 5.74) is -0.135. The number of benzene rings is 2. The van der Waals surface area contributed by atoms with Gasteiger partial charge in [-0.15, -0.1) is 0 Å². The van der Waals surface area contributed by atoms with Crippen molar-refractivity contribution in [3.8, 4) is 0 Å². The fourth-order valence-corrected chi connectivity index (χ4v) is 2.25. The maximum absolute atomic E-state index is 13.1. The molecule has 0 fully saturated rings. The van der Waals surface area contributed by atoms with E-state index in [1.165, 1.54) is 30.5 Å². The summed E-state index contributed by atoms with van der Waals surface area (Å²) in [5, 5.41) is 6.23. The average molecular weight is 365 g/mol. The topological polar surface area (TPSA) is 49.8 Å². The molecule has 0 aliphatic rings. The van der Waals surface area contributed by atoms with Crippen LogP contribution in [0, 0.1) is 0 Å². The Hall–Kier alpha value is -2.80. The van der Waals surface area contributed by atoms with Gasteiger partial charge in [-0.3, -0.25) is 0 Å². The van der Waals surface area contributed by atoms with Gasteiger partial charge in [-0.05, 0) is 42.5 Å². The third kappa shape index (κ3) is 4.39. The van der Waals surface area contributed by atoms with E-state index >= 15 is 0 Å². The second-order valence-electron chi connectivity index (χ2n) is 5.07. The van der Waals surface area contributed by atoms with Gasteiger partial charge in [0, 0.05) is 16.9 Å². The highest BCUT2D eigenvalue weighted by Crippen LogP contribution is 2.35. The van der Waals surface area contributed by atoms with E-state index in [-0.39, 0.29) is 17.5 Å². The Balaban J connectivity index is 1.82. The lowest BCUT2D eigenvalue weighted by molar-refractivity contribution is -0.136. The van der Waals surface area contributed by atoms with Crippen molar-refractivity contribution < 1.29 is 13.2 Å². The molecule has 4 nitrogen and oxygen atoms in total. The van der Waals surface area contributed by atoms with Crippen LogP contribution in [-0.2, 0) is 6.18 Å². The van der Waals surface area contributed by atoms with Gasteiger partial charge in [-0.1, -0.05) is 23.7 Å². The van der Waals surface area contributed by atoms with Crippen molar-refractivity contribution in [2.24, 2.45) is 0 Å². The molecule has 0 bridgehead atoms. The molecular weight excluding hydrogens is 353 g/mol. The lowest BCUT2D eigenvalue weighted by Gasteiger charge is -2.14. The third-order valence-corrected chi connectivity index (χ3v) is 3.50. The van der Waals surface area contributed by atoms with Gasteiger partial charge in [0.05, 0.1) is 11.3 Å². The summed E-state index contributed by atoms with van der Waals surface area (Å²) in [6, 6.07) is 13.6. The molecule has 3 rings (SSSR count). The van der Waals surface area contributed by atoms with Crippen LogP contribution in [0.25, 0.3) is 0 Å². The molecule has 0 unspecified atom stereocenters. The highest BCUT2D eigenvalue weighted by Gasteiger charge is 2.33. The first-order valence-corrected chi connectivity index (χ1v) is 7.58. The summed E-state index contributed by atoms with van der Waals surface area (Å²) in [6.45, 7) is 0. The third-order valence-electron chi connectivity index (χ3n) is 3.25. The minimum absolute atomic E-state index is 0.0776. The number of rotatable bonds is 4. The van der Waals surface area contributed by atoms with Crippen LogP contribution in [0.5, 0.6) is 0 Å². The van der Waals surface area contributed by atoms with E-state index < -0.39 is 11.7 Å². The predicted molar refractivity (Wildman–Crippen MR) is 91.5 cm³/mol. The van der Waals surface area contributed by atoms with Crippen molar-refractivity contribution in [3.05, 3.63) is 71.4 Å². The van der Waals surface area contributed by atoms with Crippen molar-refractivity contribution in [2.75, 3.05) is 10.6 Å². The Morgan fingerprint density at radius 1 is 0.880 bits per heavy atom. The normalized spacial score (nSPS) is 11.2. The zero-order chi connectivity index (χ0) is 17.9. The van der Waals surface area contributed by atoms with Gasteiger partial charge in [0.15, 0.2) is 0 Å². The van der Waals surface area contributed by atoms with E-state index in [1.807, 2.05) is 0 Å². The van der Waals surface area contributed by atoms with Gasteiger partial charge in [-0.2, -0.15) is 18.2 Å². The molecule has 0 aliphatic carbocycles.